The van der Waals surface area contributed by atoms with E-state index >= 15 is 0 Å². The van der Waals surface area contributed by atoms with Gasteiger partial charge in [-0.15, -0.1) is 0 Å². The number of halogens is 1. The number of nitrogens with zero attached hydrogens (tertiary/aromatic N) is 2. The lowest BCUT2D eigenvalue weighted by Gasteiger charge is -2.03. The zero-order valence-electron chi connectivity index (χ0n) is 11.2. The van der Waals surface area contributed by atoms with Crippen LogP contribution < -0.4 is 5.32 Å². The van der Waals surface area contributed by atoms with Gasteiger partial charge in [-0.2, -0.15) is 5.10 Å². The van der Waals surface area contributed by atoms with Crippen LogP contribution in [0.5, 0.6) is 0 Å². The highest BCUT2D eigenvalue weighted by Crippen LogP contribution is 2.20. The number of rotatable bonds is 3. The lowest BCUT2D eigenvalue weighted by atomic mass is 10.3. The van der Waals surface area contributed by atoms with E-state index in [0.717, 1.165) is 5.69 Å². The molecule has 0 aliphatic carbocycles. The molecule has 2 heterocycles. The molecule has 0 spiro atoms. The van der Waals surface area contributed by atoms with E-state index in [9.17, 15) is 4.79 Å². The molecular formula is C15H12ClN3O2. The van der Waals surface area contributed by atoms with Gasteiger partial charge in [-0.1, -0.05) is 23.7 Å². The van der Waals surface area contributed by atoms with Gasteiger partial charge in [-0.3, -0.25) is 4.79 Å². The van der Waals surface area contributed by atoms with Crippen LogP contribution in [0.25, 0.3) is 5.69 Å². The first-order valence-corrected chi connectivity index (χ1v) is 6.68. The van der Waals surface area contributed by atoms with Crippen LogP contribution in [-0.4, -0.2) is 15.7 Å². The molecule has 1 amide bonds. The van der Waals surface area contributed by atoms with E-state index in [1.807, 2.05) is 18.2 Å². The van der Waals surface area contributed by atoms with Crippen molar-refractivity contribution in [2.75, 3.05) is 5.32 Å². The molecule has 6 heteroatoms. The summed E-state index contributed by atoms with van der Waals surface area (Å²) in [7, 11) is 0. The van der Waals surface area contributed by atoms with Crippen molar-refractivity contribution in [3.05, 3.63) is 65.3 Å². The Morgan fingerprint density at radius 3 is 2.81 bits per heavy atom. The Kier molecular flexibility index (Phi) is 3.50. The fourth-order valence-corrected chi connectivity index (χ4v) is 2.13. The Hall–Kier alpha value is -2.53. The number of carbonyl (C=O) groups excluding carboxylic acids is 1. The average molecular weight is 302 g/mol. The lowest BCUT2D eigenvalue weighted by molar-refractivity contribution is 0.0995. The lowest BCUT2D eigenvalue weighted by Crippen LogP contribution is -2.10. The molecule has 3 rings (SSSR count). The van der Waals surface area contributed by atoms with Crippen LogP contribution in [-0.2, 0) is 0 Å². The minimum absolute atomic E-state index is 0.262. The molecule has 2 aromatic heterocycles. The van der Waals surface area contributed by atoms with Gasteiger partial charge in [0.25, 0.3) is 5.91 Å². The smallest absolute Gasteiger partial charge is 0.291 e. The summed E-state index contributed by atoms with van der Waals surface area (Å²) in [6.07, 6.45) is 3.24. The molecule has 5 nitrogen and oxygen atoms in total. The number of nitrogens with one attached hydrogen (secondary N) is 1. The maximum atomic E-state index is 12.0. The molecule has 1 N–H and O–H groups in total. The fraction of sp³-hybridized carbons (Fsp3) is 0.0667. The first-order valence-electron chi connectivity index (χ1n) is 6.31. The van der Waals surface area contributed by atoms with E-state index in [1.54, 1.807) is 42.2 Å². The zero-order chi connectivity index (χ0) is 14.8. The highest BCUT2D eigenvalue weighted by molar-refractivity contribution is 6.32. The summed E-state index contributed by atoms with van der Waals surface area (Å²) in [6, 6.07) is 10.7. The first-order chi connectivity index (χ1) is 10.1. The predicted molar refractivity (Wildman–Crippen MR) is 80.0 cm³/mol. The van der Waals surface area contributed by atoms with E-state index < -0.39 is 0 Å². The Bertz CT molecular complexity index is 792. The third kappa shape index (κ3) is 2.83. The molecule has 0 fully saturated rings. The quantitative estimate of drug-likeness (QED) is 0.803. The number of hydrogen-bond acceptors (Lipinski definition) is 3. The van der Waals surface area contributed by atoms with Crippen LogP contribution in [0.15, 0.2) is 53.2 Å². The van der Waals surface area contributed by atoms with Gasteiger partial charge in [0.2, 0.25) is 0 Å². The normalized spacial score (nSPS) is 10.6. The highest BCUT2D eigenvalue weighted by Gasteiger charge is 2.12. The maximum absolute atomic E-state index is 12.0. The van der Waals surface area contributed by atoms with Gasteiger partial charge in [0, 0.05) is 0 Å². The molecule has 3 aromatic rings. The number of para-hydroxylation sites is 1. The zero-order valence-corrected chi connectivity index (χ0v) is 12.0. The average Bonchev–Trinajstić information content (AvgIpc) is 3.08. The number of hydrogen-bond donors (Lipinski definition) is 1. The van der Waals surface area contributed by atoms with Crippen LogP contribution in [0.2, 0.25) is 5.02 Å². The minimum atomic E-state index is -0.318. The molecule has 0 radical (unpaired) electrons. The molecule has 0 bridgehead atoms. The third-order valence-corrected chi connectivity index (χ3v) is 3.22. The van der Waals surface area contributed by atoms with Crippen molar-refractivity contribution in [1.29, 1.82) is 0 Å². The van der Waals surface area contributed by atoms with Crippen molar-refractivity contribution in [2.24, 2.45) is 0 Å². The number of amides is 1. The summed E-state index contributed by atoms with van der Waals surface area (Å²) in [5, 5.41) is 7.49. The van der Waals surface area contributed by atoms with Crippen molar-refractivity contribution in [3.63, 3.8) is 0 Å². The van der Waals surface area contributed by atoms with Gasteiger partial charge in [-0.25, -0.2) is 4.68 Å². The van der Waals surface area contributed by atoms with E-state index in [-0.39, 0.29) is 11.7 Å². The van der Waals surface area contributed by atoms with Gasteiger partial charge in [0.15, 0.2) is 5.76 Å². The van der Waals surface area contributed by atoms with Crippen LogP contribution in [0.4, 0.5) is 5.69 Å². The number of anilines is 1. The van der Waals surface area contributed by atoms with E-state index in [1.165, 1.54) is 0 Å². The third-order valence-electron chi connectivity index (χ3n) is 2.90. The summed E-state index contributed by atoms with van der Waals surface area (Å²) in [6.45, 7) is 1.78. The largest absolute Gasteiger partial charge is 0.456 e. The summed E-state index contributed by atoms with van der Waals surface area (Å²) < 4.78 is 6.87. The van der Waals surface area contributed by atoms with Gasteiger partial charge < -0.3 is 9.73 Å². The number of furan rings is 1. The van der Waals surface area contributed by atoms with Crippen molar-refractivity contribution in [3.8, 4) is 5.69 Å². The molecule has 0 atom stereocenters. The van der Waals surface area contributed by atoms with Crippen molar-refractivity contribution < 1.29 is 9.21 Å². The van der Waals surface area contributed by atoms with Crippen LogP contribution in [0, 0.1) is 6.92 Å². The number of benzene rings is 1. The Balaban J connectivity index is 1.80. The minimum Gasteiger partial charge on any atom is -0.456 e. The number of carbonyl (C=O) groups is 1. The van der Waals surface area contributed by atoms with Crippen molar-refractivity contribution in [2.45, 2.75) is 6.92 Å². The molecule has 0 unspecified atom stereocenters. The van der Waals surface area contributed by atoms with E-state index in [2.05, 4.69) is 10.4 Å². The molecular weight excluding hydrogens is 290 g/mol. The van der Waals surface area contributed by atoms with Gasteiger partial charge in [0.1, 0.15) is 5.76 Å². The van der Waals surface area contributed by atoms with Gasteiger partial charge >= 0.3 is 0 Å². The van der Waals surface area contributed by atoms with Crippen molar-refractivity contribution >= 4 is 23.2 Å². The summed E-state index contributed by atoms with van der Waals surface area (Å²) in [5.74, 6) is 0.631. The highest BCUT2D eigenvalue weighted by atomic mass is 35.5. The molecule has 0 saturated carbocycles. The van der Waals surface area contributed by atoms with E-state index in [4.69, 9.17) is 16.0 Å². The second kappa shape index (κ2) is 5.46. The number of aromatic nitrogens is 2. The molecule has 0 saturated heterocycles. The van der Waals surface area contributed by atoms with Crippen LogP contribution in [0.3, 0.4) is 0 Å². The maximum Gasteiger partial charge on any atom is 0.291 e. The Morgan fingerprint density at radius 2 is 2.10 bits per heavy atom. The van der Waals surface area contributed by atoms with E-state index in [0.29, 0.717) is 16.5 Å². The molecule has 0 aliphatic heterocycles. The van der Waals surface area contributed by atoms with Gasteiger partial charge in [-0.05, 0) is 31.2 Å². The predicted octanol–water partition coefficient (Wildman–Crippen LogP) is 3.68. The Morgan fingerprint density at radius 1 is 1.29 bits per heavy atom. The first kappa shape index (κ1) is 13.5. The molecule has 0 aliphatic rings. The Labute approximate surface area is 126 Å². The monoisotopic (exact) mass is 301 g/mol. The SMILES string of the molecule is Cc1ccc(C(=O)Nc2cnn(-c3ccccc3Cl)c2)o1. The fourth-order valence-electron chi connectivity index (χ4n) is 1.91. The van der Waals surface area contributed by atoms with Crippen LogP contribution in [0.1, 0.15) is 16.3 Å². The molecule has 106 valence electrons. The van der Waals surface area contributed by atoms with Crippen LogP contribution >= 0.6 is 11.6 Å². The second-order valence-electron chi connectivity index (χ2n) is 4.49. The van der Waals surface area contributed by atoms with Gasteiger partial charge in [0.05, 0.1) is 28.8 Å². The number of aryl methyl sites for hydroxylation is 1. The standard InChI is InChI=1S/C15H12ClN3O2/c1-10-6-7-14(21-10)15(20)18-11-8-17-19(9-11)13-5-3-2-4-12(13)16/h2-9H,1H3,(H,18,20). The molecule has 21 heavy (non-hydrogen) atoms. The van der Waals surface area contributed by atoms with Crippen molar-refractivity contribution in [1.82, 2.24) is 9.78 Å². The summed E-state index contributed by atoms with van der Waals surface area (Å²) in [4.78, 5) is 12.0. The second-order valence-corrected chi connectivity index (χ2v) is 4.90. The molecule has 1 aromatic carbocycles. The summed E-state index contributed by atoms with van der Waals surface area (Å²) in [5.41, 5.74) is 1.31. The summed E-state index contributed by atoms with van der Waals surface area (Å²) >= 11 is 6.11. The topological polar surface area (TPSA) is 60.1 Å².